The van der Waals surface area contributed by atoms with Crippen LogP contribution in [0, 0.1) is 5.92 Å². The maximum atomic E-state index is 9.97. The van der Waals surface area contributed by atoms with Gasteiger partial charge in [-0.15, -0.1) is 11.3 Å². The molecule has 0 spiro atoms. The van der Waals surface area contributed by atoms with Crippen molar-refractivity contribution in [2.75, 3.05) is 19.8 Å². The van der Waals surface area contributed by atoms with Gasteiger partial charge in [0, 0.05) is 24.1 Å². The number of thiophene rings is 1. The van der Waals surface area contributed by atoms with Gasteiger partial charge in [-0.25, -0.2) is 0 Å². The number of aliphatic hydroxyl groups excluding tert-OH is 1. The van der Waals surface area contributed by atoms with E-state index in [0.717, 1.165) is 13.0 Å². The molecule has 0 aliphatic heterocycles. The van der Waals surface area contributed by atoms with Gasteiger partial charge >= 0.3 is 0 Å². The summed E-state index contributed by atoms with van der Waals surface area (Å²) in [5.41, 5.74) is 0. The molecule has 1 heterocycles. The molecule has 1 rings (SSSR count). The van der Waals surface area contributed by atoms with Crippen LogP contribution in [-0.2, 0) is 4.74 Å². The minimum Gasteiger partial charge on any atom is -0.389 e. The van der Waals surface area contributed by atoms with Crippen LogP contribution in [0.5, 0.6) is 0 Å². The van der Waals surface area contributed by atoms with Gasteiger partial charge in [0.15, 0.2) is 0 Å². The van der Waals surface area contributed by atoms with Crippen molar-refractivity contribution >= 4 is 11.3 Å². The molecule has 3 unspecified atom stereocenters. The van der Waals surface area contributed by atoms with Crippen LogP contribution < -0.4 is 5.32 Å². The lowest BCUT2D eigenvalue weighted by Crippen LogP contribution is -2.32. The summed E-state index contributed by atoms with van der Waals surface area (Å²) in [5.74, 6) is 0.634. The van der Waals surface area contributed by atoms with Crippen molar-refractivity contribution in [1.29, 1.82) is 0 Å². The van der Waals surface area contributed by atoms with Gasteiger partial charge in [-0.2, -0.15) is 0 Å². The van der Waals surface area contributed by atoms with Gasteiger partial charge in [0.2, 0.25) is 0 Å². The quantitative estimate of drug-likeness (QED) is 0.613. The summed E-state index contributed by atoms with van der Waals surface area (Å²) in [5, 5.41) is 15.4. The van der Waals surface area contributed by atoms with E-state index < -0.39 is 6.10 Å². The van der Waals surface area contributed by atoms with E-state index in [9.17, 15) is 5.11 Å². The first-order valence-electron chi connectivity index (χ1n) is 8.19. The molecule has 0 amide bonds. The summed E-state index contributed by atoms with van der Waals surface area (Å²) in [4.78, 5) is 1.30. The van der Waals surface area contributed by atoms with Crippen LogP contribution in [0.15, 0.2) is 17.5 Å². The van der Waals surface area contributed by atoms with Gasteiger partial charge in [-0.05, 0) is 30.7 Å². The van der Waals surface area contributed by atoms with Gasteiger partial charge in [-0.3, -0.25) is 0 Å². The number of rotatable bonds is 12. The molecule has 3 atom stereocenters. The Kier molecular flexibility index (Phi) is 9.92. The molecule has 3 nitrogen and oxygen atoms in total. The van der Waals surface area contributed by atoms with Crippen LogP contribution in [0.1, 0.15) is 57.4 Å². The Bertz CT molecular complexity index is 343. The largest absolute Gasteiger partial charge is 0.389 e. The number of hydrogen-bond acceptors (Lipinski definition) is 4. The van der Waals surface area contributed by atoms with E-state index in [1.54, 1.807) is 11.3 Å². The van der Waals surface area contributed by atoms with E-state index in [0.29, 0.717) is 19.1 Å². The van der Waals surface area contributed by atoms with Crippen LogP contribution in [0.2, 0.25) is 0 Å². The number of ether oxygens (including phenoxy) is 1. The smallest absolute Gasteiger partial charge is 0.0897 e. The molecule has 0 saturated heterocycles. The van der Waals surface area contributed by atoms with Gasteiger partial charge in [-0.1, -0.05) is 39.2 Å². The van der Waals surface area contributed by atoms with Crippen LogP contribution in [0.25, 0.3) is 0 Å². The first-order valence-corrected chi connectivity index (χ1v) is 9.07. The van der Waals surface area contributed by atoms with Crippen LogP contribution in [0.4, 0.5) is 0 Å². The van der Waals surface area contributed by atoms with Gasteiger partial charge in [0.05, 0.1) is 12.7 Å². The molecule has 0 aliphatic carbocycles. The SMILES string of the molecule is CCCCC(CC)COCC(O)CNC(C)c1cccs1. The summed E-state index contributed by atoms with van der Waals surface area (Å²) in [6.07, 6.45) is 4.46. The predicted octanol–water partition coefficient (Wildman–Crippen LogP) is 3.99. The monoisotopic (exact) mass is 313 g/mol. The van der Waals surface area contributed by atoms with Gasteiger partial charge < -0.3 is 15.2 Å². The fourth-order valence-electron chi connectivity index (χ4n) is 2.28. The van der Waals surface area contributed by atoms with Crippen molar-refractivity contribution < 1.29 is 9.84 Å². The van der Waals surface area contributed by atoms with Crippen LogP contribution >= 0.6 is 11.3 Å². The number of aliphatic hydroxyl groups is 1. The molecule has 1 aromatic rings. The first-order chi connectivity index (χ1) is 10.2. The van der Waals surface area contributed by atoms with Crippen molar-refractivity contribution in [3.8, 4) is 0 Å². The highest BCUT2D eigenvalue weighted by Gasteiger charge is 2.11. The Labute approximate surface area is 133 Å². The molecular formula is C17H31NO2S. The highest BCUT2D eigenvalue weighted by molar-refractivity contribution is 7.10. The Morgan fingerprint density at radius 1 is 1.33 bits per heavy atom. The third-order valence-electron chi connectivity index (χ3n) is 3.84. The Morgan fingerprint density at radius 3 is 2.76 bits per heavy atom. The molecule has 0 radical (unpaired) electrons. The van der Waals surface area contributed by atoms with Crippen LogP contribution in [-0.4, -0.2) is 31.0 Å². The Balaban J connectivity index is 2.11. The van der Waals surface area contributed by atoms with Crippen molar-refractivity contribution in [3.63, 3.8) is 0 Å². The lowest BCUT2D eigenvalue weighted by atomic mass is 10.0. The second-order valence-electron chi connectivity index (χ2n) is 5.75. The van der Waals surface area contributed by atoms with E-state index in [4.69, 9.17) is 4.74 Å². The molecule has 0 bridgehead atoms. The highest BCUT2D eigenvalue weighted by atomic mass is 32.1. The van der Waals surface area contributed by atoms with E-state index in [1.165, 1.54) is 24.1 Å². The zero-order chi connectivity index (χ0) is 15.5. The van der Waals surface area contributed by atoms with Gasteiger partial charge in [0.1, 0.15) is 0 Å². The molecule has 4 heteroatoms. The normalized spacial score (nSPS) is 15.8. The maximum Gasteiger partial charge on any atom is 0.0897 e. The maximum absolute atomic E-state index is 9.97. The predicted molar refractivity (Wildman–Crippen MR) is 90.9 cm³/mol. The summed E-state index contributed by atoms with van der Waals surface area (Å²) >= 11 is 1.74. The van der Waals surface area contributed by atoms with E-state index in [2.05, 4.69) is 43.6 Å². The number of unbranched alkanes of at least 4 members (excludes halogenated alkanes) is 1. The van der Waals surface area contributed by atoms with E-state index >= 15 is 0 Å². The van der Waals surface area contributed by atoms with Gasteiger partial charge in [0.25, 0.3) is 0 Å². The summed E-state index contributed by atoms with van der Waals surface area (Å²) in [6, 6.07) is 4.46. The van der Waals surface area contributed by atoms with E-state index in [-0.39, 0.29) is 6.04 Å². The zero-order valence-electron chi connectivity index (χ0n) is 13.7. The molecule has 21 heavy (non-hydrogen) atoms. The second kappa shape index (κ2) is 11.2. The third-order valence-corrected chi connectivity index (χ3v) is 4.89. The Morgan fingerprint density at radius 2 is 2.14 bits per heavy atom. The molecule has 0 fully saturated rings. The number of hydrogen-bond donors (Lipinski definition) is 2. The second-order valence-corrected chi connectivity index (χ2v) is 6.73. The zero-order valence-corrected chi connectivity index (χ0v) is 14.5. The van der Waals surface area contributed by atoms with Crippen molar-refractivity contribution in [2.24, 2.45) is 5.92 Å². The minimum atomic E-state index is -0.434. The average molecular weight is 314 g/mol. The lowest BCUT2D eigenvalue weighted by molar-refractivity contribution is 0.0185. The number of nitrogens with one attached hydrogen (secondary N) is 1. The Hall–Kier alpha value is -0.420. The first kappa shape index (κ1) is 18.6. The molecule has 2 N–H and O–H groups in total. The highest BCUT2D eigenvalue weighted by Crippen LogP contribution is 2.18. The van der Waals surface area contributed by atoms with Crippen LogP contribution in [0.3, 0.4) is 0 Å². The van der Waals surface area contributed by atoms with Crippen molar-refractivity contribution in [2.45, 2.75) is 58.6 Å². The third kappa shape index (κ3) is 7.96. The molecule has 122 valence electrons. The van der Waals surface area contributed by atoms with Crippen molar-refractivity contribution in [3.05, 3.63) is 22.4 Å². The fraction of sp³-hybridized carbons (Fsp3) is 0.765. The minimum absolute atomic E-state index is 0.285. The molecule has 0 saturated carbocycles. The van der Waals surface area contributed by atoms with Crippen molar-refractivity contribution in [1.82, 2.24) is 5.32 Å². The average Bonchev–Trinajstić information content (AvgIpc) is 3.02. The summed E-state index contributed by atoms with van der Waals surface area (Å²) < 4.78 is 5.68. The molecule has 1 aromatic heterocycles. The molecule has 0 aliphatic rings. The molecular weight excluding hydrogens is 282 g/mol. The lowest BCUT2D eigenvalue weighted by Gasteiger charge is -2.18. The summed E-state index contributed by atoms with van der Waals surface area (Å²) in [6.45, 7) is 8.32. The summed E-state index contributed by atoms with van der Waals surface area (Å²) in [7, 11) is 0. The fourth-order valence-corrected chi connectivity index (χ4v) is 3.04. The topological polar surface area (TPSA) is 41.5 Å². The standard InChI is InChI=1S/C17H31NO2S/c1-4-6-8-15(5-2)12-20-13-16(19)11-18-14(3)17-9-7-10-21-17/h7,9-10,14-16,18-19H,4-6,8,11-13H2,1-3H3. The molecule has 0 aromatic carbocycles. The van der Waals surface area contributed by atoms with E-state index in [1.807, 2.05) is 0 Å².